The Balaban J connectivity index is 1.93. The van der Waals surface area contributed by atoms with Crippen molar-refractivity contribution in [3.63, 3.8) is 0 Å². The zero-order valence-electron chi connectivity index (χ0n) is 12.8. The van der Waals surface area contributed by atoms with Crippen molar-refractivity contribution >= 4 is 11.5 Å². The van der Waals surface area contributed by atoms with Crippen molar-refractivity contribution in [3.05, 3.63) is 71.6 Å². The van der Waals surface area contributed by atoms with Gasteiger partial charge in [0.1, 0.15) is 17.7 Å². The van der Waals surface area contributed by atoms with Crippen LogP contribution in [0.15, 0.2) is 54.6 Å². The van der Waals surface area contributed by atoms with Crippen LogP contribution in [0.3, 0.4) is 0 Å². The van der Waals surface area contributed by atoms with E-state index in [1.165, 1.54) is 18.2 Å². The molecule has 0 bridgehead atoms. The van der Waals surface area contributed by atoms with Crippen molar-refractivity contribution in [2.45, 2.75) is 19.4 Å². The first-order chi connectivity index (χ1) is 11.2. The number of benzene rings is 2. The zero-order valence-corrected chi connectivity index (χ0v) is 12.8. The van der Waals surface area contributed by atoms with Crippen molar-refractivity contribution in [2.24, 2.45) is 0 Å². The lowest BCUT2D eigenvalue weighted by molar-refractivity contribution is -0.137. The van der Waals surface area contributed by atoms with Crippen LogP contribution in [-0.4, -0.2) is 18.7 Å². The first kappa shape index (κ1) is 15.3. The topological polar surface area (TPSA) is 35.5 Å². The molecular formula is C19H17FO3. The minimum absolute atomic E-state index is 0.290. The molecule has 0 N–H and O–H groups in total. The van der Waals surface area contributed by atoms with Crippen LogP contribution >= 0.6 is 0 Å². The maximum atomic E-state index is 13.2. The fourth-order valence-corrected chi connectivity index (χ4v) is 2.67. The van der Waals surface area contributed by atoms with E-state index in [0.717, 1.165) is 16.9 Å². The van der Waals surface area contributed by atoms with Gasteiger partial charge in [0.2, 0.25) is 0 Å². The number of rotatable bonds is 4. The molecular weight excluding hydrogens is 295 g/mol. The molecule has 1 atom stereocenters. The Labute approximate surface area is 134 Å². The molecule has 3 rings (SSSR count). The van der Waals surface area contributed by atoms with Crippen LogP contribution in [0.2, 0.25) is 0 Å². The molecule has 0 spiro atoms. The average molecular weight is 312 g/mol. The lowest BCUT2D eigenvalue weighted by Crippen LogP contribution is -2.17. The first-order valence-corrected chi connectivity index (χ1v) is 7.56. The molecule has 1 unspecified atom stereocenters. The highest BCUT2D eigenvalue weighted by Gasteiger charge is 2.27. The fourth-order valence-electron chi connectivity index (χ4n) is 2.67. The molecule has 0 radical (unpaired) electrons. The van der Waals surface area contributed by atoms with E-state index in [1.54, 1.807) is 19.1 Å². The van der Waals surface area contributed by atoms with Gasteiger partial charge in [-0.05, 0) is 36.2 Å². The standard InChI is InChI=1S/C19H17FO3/c1-2-22-19(21)12-16(13-7-9-15(20)10-8-13)18-11-14-5-3-4-6-17(14)23-18/h3-10,12,18H,2,11H2,1H3. The van der Waals surface area contributed by atoms with Crippen molar-refractivity contribution < 1.29 is 18.7 Å². The molecule has 0 fully saturated rings. The Hall–Kier alpha value is -2.62. The van der Waals surface area contributed by atoms with Gasteiger partial charge >= 0.3 is 5.97 Å². The highest BCUT2D eigenvalue weighted by atomic mass is 19.1. The quantitative estimate of drug-likeness (QED) is 0.637. The Morgan fingerprint density at radius 3 is 2.70 bits per heavy atom. The van der Waals surface area contributed by atoms with Crippen LogP contribution in [0.25, 0.3) is 5.57 Å². The summed E-state index contributed by atoms with van der Waals surface area (Å²) >= 11 is 0. The minimum Gasteiger partial charge on any atom is -0.485 e. The molecule has 0 aliphatic carbocycles. The summed E-state index contributed by atoms with van der Waals surface area (Å²) in [6, 6.07) is 13.8. The number of fused-ring (bicyclic) bond motifs is 1. The monoisotopic (exact) mass is 312 g/mol. The summed E-state index contributed by atoms with van der Waals surface area (Å²) in [5, 5.41) is 0. The van der Waals surface area contributed by atoms with Crippen LogP contribution in [0, 0.1) is 5.82 Å². The molecule has 0 saturated carbocycles. The van der Waals surface area contributed by atoms with Crippen molar-refractivity contribution in [1.82, 2.24) is 0 Å². The summed E-state index contributed by atoms with van der Waals surface area (Å²) in [5.74, 6) is 0.0700. The highest BCUT2D eigenvalue weighted by molar-refractivity contribution is 5.92. The van der Waals surface area contributed by atoms with E-state index in [1.807, 2.05) is 24.3 Å². The molecule has 2 aromatic carbocycles. The lowest BCUT2D eigenvalue weighted by atomic mass is 9.96. The van der Waals surface area contributed by atoms with E-state index in [2.05, 4.69) is 0 Å². The van der Waals surface area contributed by atoms with Gasteiger partial charge in [0.25, 0.3) is 0 Å². The smallest absolute Gasteiger partial charge is 0.331 e. The second-order valence-electron chi connectivity index (χ2n) is 5.28. The minimum atomic E-state index is -0.425. The first-order valence-electron chi connectivity index (χ1n) is 7.56. The van der Waals surface area contributed by atoms with Gasteiger partial charge in [-0.15, -0.1) is 0 Å². The van der Waals surface area contributed by atoms with Gasteiger partial charge in [-0.2, -0.15) is 0 Å². The summed E-state index contributed by atoms with van der Waals surface area (Å²) < 4.78 is 24.2. The van der Waals surface area contributed by atoms with E-state index in [0.29, 0.717) is 18.6 Å². The third-order valence-corrected chi connectivity index (χ3v) is 3.73. The van der Waals surface area contributed by atoms with Crippen LogP contribution in [-0.2, 0) is 16.0 Å². The van der Waals surface area contributed by atoms with Crippen LogP contribution in [0.5, 0.6) is 5.75 Å². The summed E-state index contributed by atoms with van der Waals surface area (Å²) in [6.07, 6.45) is 1.81. The molecule has 1 heterocycles. The molecule has 118 valence electrons. The zero-order chi connectivity index (χ0) is 16.2. The second kappa shape index (κ2) is 6.65. The molecule has 2 aromatic rings. The average Bonchev–Trinajstić information content (AvgIpc) is 2.97. The van der Waals surface area contributed by atoms with Gasteiger partial charge in [-0.1, -0.05) is 30.3 Å². The maximum absolute atomic E-state index is 13.2. The second-order valence-corrected chi connectivity index (χ2v) is 5.28. The van der Waals surface area contributed by atoms with Crippen molar-refractivity contribution in [1.29, 1.82) is 0 Å². The molecule has 23 heavy (non-hydrogen) atoms. The summed E-state index contributed by atoms with van der Waals surface area (Å²) in [5.41, 5.74) is 2.53. The Bertz CT molecular complexity index is 710. The number of carbonyl (C=O) groups is 1. The number of halogens is 1. The number of hydrogen-bond acceptors (Lipinski definition) is 3. The van der Waals surface area contributed by atoms with Crippen LogP contribution in [0.1, 0.15) is 18.1 Å². The number of hydrogen-bond donors (Lipinski definition) is 0. The van der Waals surface area contributed by atoms with Gasteiger partial charge < -0.3 is 9.47 Å². The molecule has 0 amide bonds. The van der Waals surface area contributed by atoms with Gasteiger partial charge in [0.05, 0.1) is 6.61 Å². The molecule has 0 saturated heterocycles. The van der Waals surface area contributed by atoms with E-state index >= 15 is 0 Å². The van der Waals surface area contributed by atoms with Gasteiger partial charge in [-0.25, -0.2) is 9.18 Å². The number of carbonyl (C=O) groups excluding carboxylic acids is 1. The fraction of sp³-hybridized carbons (Fsp3) is 0.211. The highest BCUT2D eigenvalue weighted by Crippen LogP contribution is 2.34. The predicted octanol–water partition coefficient (Wildman–Crippen LogP) is 3.78. The Morgan fingerprint density at radius 1 is 1.26 bits per heavy atom. The maximum Gasteiger partial charge on any atom is 0.331 e. The number of para-hydroxylation sites is 1. The predicted molar refractivity (Wildman–Crippen MR) is 85.6 cm³/mol. The molecule has 1 aliphatic heterocycles. The number of esters is 1. The third-order valence-electron chi connectivity index (χ3n) is 3.73. The number of ether oxygens (including phenoxy) is 2. The lowest BCUT2D eigenvalue weighted by Gasteiger charge is -2.16. The van der Waals surface area contributed by atoms with Gasteiger partial charge in [0.15, 0.2) is 0 Å². The van der Waals surface area contributed by atoms with E-state index in [-0.39, 0.29) is 11.9 Å². The van der Waals surface area contributed by atoms with Crippen LogP contribution in [0.4, 0.5) is 4.39 Å². The summed E-state index contributed by atoms with van der Waals surface area (Å²) in [4.78, 5) is 11.9. The van der Waals surface area contributed by atoms with E-state index in [9.17, 15) is 9.18 Å². The molecule has 0 aromatic heterocycles. The normalized spacial score (nSPS) is 16.6. The van der Waals surface area contributed by atoms with Crippen molar-refractivity contribution in [2.75, 3.05) is 6.61 Å². The Morgan fingerprint density at radius 2 is 2.00 bits per heavy atom. The van der Waals surface area contributed by atoms with E-state index in [4.69, 9.17) is 9.47 Å². The van der Waals surface area contributed by atoms with Gasteiger partial charge in [0, 0.05) is 18.1 Å². The summed E-state index contributed by atoms with van der Waals surface area (Å²) in [6.45, 7) is 2.06. The SMILES string of the molecule is CCOC(=O)C=C(c1ccc(F)cc1)C1Cc2ccccc2O1. The Kier molecular flexibility index (Phi) is 4.42. The van der Waals surface area contributed by atoms with Crippen LogP contribution < -0.4 is 4.74 Å². The molecule has 4 heteroatoms. The molecule has 3 nitrogen and oxygen atoms in total. The van der Waals surface area contributed by atoms with Gasteiger partial charge in [-0.3, -0.25) is 0 Å². The molecule has 1 aliphatic rings. The van der Waals surface area contributed by atoms with E-state index < -0.39 is 5.97 Å². The summed E-state index contributed by atoms with van der Waals surface area (Å²) in [7, 11) is 0. The van der Waals surface area contributed by atoms with Crippen molar-refractivity contribution in [3.8, 4) is 5.75 Å². The third kappa shape index (κ3) is 3.42. The largest absolute Gasteiger partial charge is 0.485 e.